The highest BCUT2D eigenvalue weighted by Gasteiger charge is 2.08. The van der Waals surface area contributed by atoms with Crippen LogP contribution < -0.4 is 4.74 Å². The van der Waals surface area contributed by atoms with E-state index in [1.165, 1.54) is 6.92 Å². The fourth-order valence-electron chi connectivity index (χ4n) is 1.72. The van der Waals surface area contributed by atoms with Crippen molar-refractivity contribution in [3.05, 3.63) is 46.7 Å². The van der Waals surface area contributed by atoms with E-state index < -0.39 is 0 Å². The first-order valence-electron chi connectivity index (χ1n) is 5.46. The van der Waals surface area contributed by atoms with Gasteiger partial charge in [0.2, 0.25) is 0 Å². The van der Waals surface area contributed by atoms with E-state index in [4.69, 9.17) is 16.3 Å². The highest BCUT2D eigenvalue weighted by Crippen LogP contribution is 2.21. The van der Waals surface area contributed by atoms with Crippen LogP contribution in [0.5, 0.6) is 5.75 Å². The number of hydrogen-bond donors (Lipinski definition) is 0. The Labute approximate surface area is 110 Å². The summed E-state index contributed by atoms with van der Waals surface area (Å²) in [5.41, 5.74) is 1.55. The Kier molecular flexibility index (Phi) is 3.67. The second-order valence-electron chi connectivity index (χ2n) is 3.94. The number of Topliss-reactive ketones (excluding diaryl/α,β-unsaturated/α-hetero) is 1. The van der Waals surface area contributed by atoms with Crippen LogP contribution in [0.4, 0.5) is 0 Å². The zero-order valence-electron chi connectivity index (χ0n) is 10.2. The number of carbonyl (C=O) groups excluding carboxylic acids is 1. The van der Waals surface area contributed by atoms with Crippen LogP contribution in [0.1, 0.15) is 22.8 Å². The molecule has 0 amide bonds. The molecule has 0 aliphatic carbocycles. The lowest BCUT2D eigenvalue weighted by Crippen LogP contribution is -2.04. The van der Waals surface area contributed by atoms with Crippen molar-refractivity contribution in [1.29, 1.82) is 0 Å². The molecule has 0 bridgehead atoms. The van der Waals surface area contributed by atoms with Gasteiger partial charge in [0.05, 0.1) is 24.9 Å². The van der Waals surface area contributed by atoms with Crippen molar-refractivity contribution in [3.63, 3.8) is 0 Å². The third-order valence-corrected chi connectivity index (χ3v) is 2.82. The van der Waals surface area contributed by atoms with E-state index in [9.17, 15) is 4.79 Å². The van der Waals surface area contributed by atoms with E-state index in [1.807, 2.05) is 6.07 Å². The number of carbonyl (C=O) groups is 1. The minimum atomic E-state index is 0.0254. The lowest BCUT2D eigenvalue weighted by molar-refractivity contribution is 0.101. The first-order chi connectivity index (χ1) is 8.60. The Bertz CT molecular complexity index is 578. The molecule has 1 aromatic carbocycles. The maximum absolute atomic E-state index is 11.4. The van der Waals surface area contributed by atoms with Crippen molar-refractivity contribution in [3.8, 4) is 5.75 Å². The molecular formula is C13H13ClN2O2. The summed E-state index contributed by atoms with van der Waals surface area (Å²) < 4.78 is 6.97. The molecule has 0 atom stereocenters. The highest BCUT2D eigenvalue weighted by atomic mass is 35.5. The molecule has 0 radical (unpaired) electrons. The lowest BCUT2D eigenvalue weighted by Gasteiger charge is -2.09. The number of aromatic nitrogens is 2. The molecule has 2 rings (SSSR count). The van der Waals surface area contributed by atoms with Crippen LogP contribution >= 0.6 is 11.6 Å². The first kappa shape index (κ1) is 12.6. The molecule has 18 heavy (non-hydrogen) atoms. The Morgan fingerprint density at radius 2 is 2.28 bits per heavy atom. The molecule has 94 valence electrons. The van der Waals surface area contributed by atoms with Gasteiger partial charge in [0, 0.05) is 17.3 Å². The van der Waals surface area contributed by atoms with Crippen molar-refractivity contribution in [1.82, 2.24) is 9.78 Å². The fourth-order valence-corrected chi connectivity index (χ4v) is 1.88. The van der Waals surface area contributed by atoms with Gasteiger partial charge >= 0.3 is 0 Å². The molecule has 0 saturated heterocycles. The van der Waals surface area contributed by atoms with Crippen LogP contribution in [0, 0.1) is 0 Å². The smallest absolute Gasteiger partial charge is 0.159 e. The quantitative estimate of drug-likeness (QED) is 0.798. The van der Waals surface area contributed by atoms with Crippen molar-refractivity contribution in [2.45, 2.75) is 13.5 Å². The Balaban J connectivity index is 2.35. The van der Waals surface area contributed by atoms with Crippen molar-refractivity contribution in [2.75, 3.05) is 7.11 Å². The van der Waals surface area contributed by atoms with E-state index in [1.54, 1.807) is 36.3 Å². The van der Waals surface area contributed by atoms with E-state index in [0.717, 1.165) is 11.3 Å². The van der Waals surface area contributed by atoms with Crippen LogP contribution in [-0.4, -0.2) is 22.7 Å². The molecule has 1 aromatic heterocycles. The molecule has 0 fully saturated rings. The third kappa shape index (κ3) is 2.71. The summed E-state index contributed by atoms with van der Waals surface area (Å²) in [4.78, 5) is 11.4. The topological polar surface area (TPSA) is 44.1 Å². The minimum absolute atomic E-state index is 0.0254. The summed E-state index contributed by atoms with van der Waals surface area (Å²) in [6, 6.07) is 5.36. The van der Waals surface area contributed by atoms with Crippen LogP contribution in [0.15, 0.2) is 30.6 Å². The summed E-state index contributed by atoms with van der Waals surface area (Å²) in [7, 11) is 1.60. The van der Waals surface area contributed by atoms with Crippen LogP contribution in [0.3, 0.4) is 0 Å². The van der Waals surface area contributed by atoms with Gasteiger partial charge in [0.1, 0.15) is 5.75 Å². The molecule has 0 aliphatic rings. The summed E-state index contributed by atoms with van der Waals surface area (Å²) in [6.07, 6.45) is 3.30. The maximum Gasteiger partial charge on any atom is 0.159 e. The summed E-state index contributed by atoms with van der Waals surface area (Å²) in [6.45, 7) is 2.05. The monoisotopic (exact) mass is 264 g/mol. The summed E-state index contributed by atoms with van der Waals surface area (Å²) in [5, 5.41) is 4.69. The van der Waals surface area contributed by atoms with Crippen molar-refractivity contribution >= 4 is 17.4 Å². The number of ketones is 1. The maximum atomic E-state index is 11.4. The second-order valence-corrected chi connectivity index (χ2v) is 4.38. The van der Waals surface area contributed by atoms with Gasteiger partial charge in [-0.3, -0.25) is 9.48 Å². The summed E-state index contributed by atoms with van der Waals surface area (Å²) >= 11 is 5.81. The first-order valence-corrected chi connectivity index (χ1v) is 5.84. The number of rotatable bonds is 4. The number of ether oxygens (including phenoxy) is 1. The molecular weight excluding hydrogens is 252 g/mol. The second kappa shape index (κ2) is 5.23. The van der Waals surface area contributed by atoms with Gasteiger partial charge < -0.3 is 4.74 Å². The molecule has 0 spiro atoms. The van der Waals surface area contributed by atoms with Crippen LogP contribution in [0.25, 0.3) is 0 Å². The predicted molar refractivity (Wildman–Crippen MR) is 69.3 cm³/mol. The van der Waals surface area contributed by atoms with Gasteiger partial charge in [-0.15, -0.1) is 0 Å². The molecule has 0 aliphatic heterocycles. The standard InChI is InChI=1S/C13H13ClN2O2/c1-9(17)10-3-4-13(18-2)11(5-10)7-16-8-12(14)6-15-16/h3-6,8H,7H2,1-2H3. The third-order valence-electron chi connectivity index (χ3n) is 2.62. The van der Waals surface area contributed by atoms with Gasteiger partial charge in [-0.2, -0.15) is 5.10 Å². The van der Waals surface area contributed by atoms with Gasteiger partial charge in [-0.25, -0.2) is 0 Å². The lowest BCUT2D eigenvalue weighted by atomic mass is 10.1. The molecule has 5 heteroatoms. The SMILES string of the molecule is COc1ccc(C(C)=O)cc1Cn1cc(Cl)cn1. The number of nitrogens with zero attached hydrogens (tertiary/aromatic N) is 2. The van der Waals surface area contributed by atoms with Gasteiger partial charge in [0.15, 0.2) is 5.78 Å². The van der Waals surface area contributed by atoms with E-state index in [2.05, 4.69) is 5.10 Å². The van der Waals surface area contributed by atoms with Crippen LogP contribution in [0.2, 0.25) is 5.02 Å². The zero-order valence-corrected chi connectivity index (χ0v) is 10.9. The van der Waals surface area contributed by atoms with E-state index in [0.29, 0.717) is 17.1 Å². The van der Waals surface area contributed by atoms with Gasteiger partial charge in [0.25, 0.3) is 0 Å². The Morgan fingerprint density at radius 1 is 1.50 bits per heavy atom. The molecule has 4 nitrogen and oxygen atoms in total. The Morgan fingerprint density at radius 3 is 2.83 bits per heavy atom. The average molecular weight is 265 g/mol. The summed E-state index contributed by atoms with van der Waals surface area (Å²) in [5.74, 6) is 0.754. The van der Waals surface area contributed by atoms with Crippen molar-refractivity contribution in [2.24, 2.45) is 0 Å². The normalized spacial score (nSPS) is 10.4. The van der Waals surface area contributed by atoms with E-state index in [-0.39, 0.29) is 5.78 Å². The number of methoxy groups -OCH3 is 1. The fraction of sp³-hybridized carbons (Fsp3) is 0.231. The minimum Gasteiger partial charge on any atom is -0.496 e. The Hall–Kier alpha value is -1.81. The number of benzene rings is 1. The number of hydrogen-bond acceptors (Lipinski definition) is 3. The van der Waals surface area contributed by atoms with E-state index >= 15 is 0 Å². The number of halogens is 1. The molecule has 1 heterocycles. The van der Waals surface area contributed by atoms with Gasteiger partial charge in [-0.05, 0) is 25.1 Å². The zero-order chi connectivity index (χ0) is 13.1. The molecule has 0 N–H and O–H groups in total. The van der Waals surface area contributed by atoms with Gasteiger partial charge in [-0.1, -0.05) is 11.6 Å². The van der Waals surface area contributed by atoms with Crippen LogP contribution in [-0.2, 0) is 6.54 Å². The predicted octanol–water partition coefficient (Wildman–Crippen LogP) is 2.80. The molecule has 2 aromatic rings. The van der Waals surface area contributed by atoms with Crippen molar-refractivity contribution < 1.29 is 9.53 Å². The highest BCUT2D eigenvalue weighted by molar-refractivity contribution is 6.30. The molecule has 0 unspecified atom stereocenters. The largest absolute Gasteiger partial charge is 0.496 e. The molecule has 0 saturated carbocycles. The average Bonchev–Trinajstić information content (AvgIpc) is 2.74.